The molecule has 0 amide bonds. The number of aliphatic carboxylic acids is 1. The van der Waals surface area contributed by atoms with Crippen molar-refractivity contribution >= 4 is 5.97 Å². The molecular weight excluding hydrogens is 182 g/mol. The Balaban J connectivity index is 2.76. The fourth-order valence-electron chi connectivity index (χ4n) is 1.28. The molecule has 14 heavy (non-hydrogen) atoms. The zero-order valence-electron chi connectivity index (χ0n) is 8.65. The third-order valence-electron chi connectivity index (χ3n) is 2.18. The number of H-pyrrole nitrogens is 1. The molecule has 1 rings (SSSR count). The van der Waals surface area contributed by atoms with E-state index in [9.17, 15) is 9.90 Å². The first-order valence-electron chi connectivity index (χ1n) is 4.40. The Labute approximate surface area is 83.0 Å². The van der Waals surface area contributed by atoms with Crippen molar-refractivity contribution in [3.05, 3.63) is 18.2 Å². The molecule has 0 aliphatic carbocycles. The number of carboxylic acids is 1. The minimum Gasteiger partial charge on any atom is -0.544 e. The minimum absolute atomic E-state index is 0.335. The molecule has 1 aromatic rings. The molecule has 0 bridgehead atoms. The molecule has 5 heteroatoms. The molecule has 1 aromatic heterocycles. The number of nitrogens with zero attached hydrogens (tertiary/aromatic N) is 2. The van der Waals surface area contributed by atoms with E-state index in [1.54, 1.807) is 6.20 Å². The largest absolute Gasteiger partial charge is 0.544 e. The predicted molar refractivity (Wildman–Crippen MR) is 49.1 cm³/mol. The standard InChI is InChI=1S/C9H15N3O2/c1-12(2,3)8(9(13)14)4-7-5-10-6-11-7/h5-6,8H,4H2,1-3H3,(H-,10,11,13,14)/t8-/m0/s1. The number of carbonyl (C=O) groups excluding carboxylic acids is 1. The van der Waals surface area contributed by atoms with E-state index in [1.807, 2.05) is 21.1 Å². The summed E-state index contributed by atoms with van der Waals surface area (Å²) in [6.45, 7) is 0. The van der Waals surface area contributed by atoms with Gasteiger partial charge in [0, 0.05) is 18.3 Å². The molecule has 5 nitrogen and oxygen atoms in total. The lowest BCUT2D eigenvalue weighted by Crippen LogP contribution is -2.55. The molecule has 0 aromatic carbocycles. The summed E-state index contributed by atoms with van der Waals surface area (Å²) < 4.78 is 0.335. The number of aromatic amines is 1. The van der Waals surface area contributed by atoms with Crippen molar-refractivity contribution in [3.63, 3.8) is 0 Å². The lowest BCUT2D eigenvalue weighted by molar-refractivity contribution is -0.889. The van der Waals surface area contributed by atoms with Gasteiger partial charge in [0.25, 0.3) is 0 Å². The number of quaternary nitrogens is 1. The third-order valence-corrected chi connectivity index (χ3v) is 2.18. The van der Waals surface area contributed by atoms with Crippen LogP contribution in [0.1, 0.15) is 5.69 Å². The van der Waals surface area contributed by atoms with Gasteiger partial charge in [-0.2, -0.15) is 0 Å². The van der Waals surface area contributed by atoms with E-state index >= 15 is 0 Å². The van der Waals surface area contributed by atoms with E-state index in [2.05, 4.69) is 9.97 Å². The minimum atomic E-state index is -1.04. The number of rotatable bonds is 4. The van der Waals surface area contributed by atoms with Crippen LogP contribution in [0.4, 0.5) is 0 Å². The van der Waals surface area contributed by atoms with Crippen LogP contribution in [0, 0.1) is 0 Å². The maximum Gasteiger partial charge on any atom is 0.134 e. The number of nitrogens with one attached hydrogen (secondary N) is 1. The first-order valence-corrected chi connectivity index (χ1v) is 4.40. The Morgan fingerprint density at radius 3 is 2.64 bits per heavy atom. The highest BCUT2D eigenvalue weighted by Gasteiger charge is 2.25. The van der Waals surface area contributed by atoms with E-state index in [-0.39, 0.29) is 0 Å². The number of carbonyl (C=O) groups is 1. The van der Waals surface area contributed by atoms with Gasteiger partial charge >= 0.3 is 0 Å². The smallest absolute Gasteiger partial charge is 0.134 e. The number of aromatic nitrogens is 2. The van der Waals surface area contributed by atoms with Crippen LogP contribution in [0.15, 0.2) is 12.5 Å². The van der Waals surface area contributed by atoms with Crippen molar-refractivity contribution in [2.45, 2.75) is 12.5 Å². The van der Waals surface area contributed by atoms with Gasteiger partial charge in [-0.3, -0.25) is 0 Å². The van der Waals surface area contributed by atoms with E-state index in [0.29, 0.717) is 10.9 Å². The molecule has 1 atom stereocenters. The number of hydrogen-bond donors (Lipinski definition) is 1. The monoisotopic (exact) mass is 197 g/mol. The van der Waals surface area contributed by atoms with Crippen LogP contribution in [0.5, 0.6) is 0 Å². The lowest BCUT2D eigenvalue weighted by Gasteiger charge is -2.34. The summed E-state index contributed by atoms with van der Waals surface area (Å²) >= 11 is 0. The Morgan fingerprint density at radius 1 is 1.64 bits per heavy atom. The molecule has 1 heterocycles. The lowest BCUT2D eigenvalue weighted by atomic mass is 10.1. The van der Waals surface area contributed by atoms with Crippen molar-refractivity contribution in [1.82, 2.24) is 9.97 Å². The van der Waals surface area contributed by atoms with E-state index in [0.717, 1.165) is 5.69 Å². The van der Waals surface area contributed by atoms with Gasteiger partial charge < -0.3 is 19.4 Å². The highest BCUT2D eigenvalue weighted by Crippen LogP contribution is 2.08. The normalized spacial score (nSPS) is 13.9. The molecule has 0 aliphatic heterocycles. The van der Waals surface area contributed by atoms with Crippen LogP contribution in [0.25, 0.3) is 0 Å². The summed E-state index contributed by atoms with van der Waals surface area (Å²) in [5.74, 6) is -1.04. The maximum absolute atomic E-state index is 10.9. The second kappa shape index (κ2) is 3.79. The molecule has 78 valence electrons. The molecule has 0 spiro atoms. The summed E-state index contributed by atoms with van der Waals surface area (Å²) in [7, 11) is 5.49. The fourth-order valence-corrected chi connectivity index (χ4v) is 1.28. The number of imidazole rings is 1. The van der Waals surface area contributed by atoms with Gasteiger partial charge in [-0.05, 0) is 0 Å². The first-order chi connectivity index (χ1) is 6.41. The van der Waals surface area contributed by atoms with Gasteiger partial charge in [0.15, 0.2) is 0 Å². The van der Waals surface area contributed by atoms with Crippen molar-refractivity contribution in [1.29, 1.82) is 0 Å². The Morgan fingerprint density at radius 2 is 2.29 bits per heavy atom. The second-order valence-corrected chi connectivity index (χ2v) is 4.23. The van der Waals surface area contributed by atoms with Crippen LogP contribution in [0.3, 0.4) is 0 Å². The highest BCUT2D eigenvalue weighted by atomic mass is 16.4. The molecular formula is C9H15N3O2. The third kappa shape index (κ3) is 2.56. The van der Waals surface area contributed by atoms with Gasteiger partial charge in [-0.15, -0.1) is 0 Å². The summed E-state index contributed by atoms with van der Waals surface area (Å²) in [4.78, 5) is 17.6. The van der Waals surface area contributed by atoms with E-state index in [4.69, 9.17) is 0 Å². The maximum atomic E-state index is 10.9. The highest BCUT2D eigenvalue weighted by molar-refractivity contribution is 5.70. The first kappa shape index (κ1) is 10.7. The molecule has 0 fully saturated rings. The van der Waals surface area contributed by atoms with Crippen molar-refractivity contribution in [2.75, 3.05) is 21.1 Å². The summed E-state index contributed by atoms with van der Waals surface area (Å²) in [6.07, 6.45) is 3.58. The fraction of sp³-hybridized carbons (Fsp3) is 0.556. The Kier molecular flexibility index (Phi) is 2.90. The number of likely N-dealkylation sites (N-methyl/N-ethyl adjacent to an activating group) is 1. The van der Waals surface area contributed by atoms with Crippen molar-refractivity contribution in [3.8, 4) is 0 Å². The summed E-state index contributed by atoms with van der Waals surface area (Å²) in [5.41, 5.74) is 0.812. The second-order valence-electron chi connectivity index (χ2n) is 4.23. The predicted octanol–water partition coefficient (Wildman–Crippen LogP) is -1.22. The van der Waals surface area contributed by atoms with E-state index in [1.165, 1.54) is 6.33 Å². The SMILES string of the molecule is C[N+](C)(C)[C@@H](Cc1cnc[nH]1)C(=O)[O-]. The molecule has 1 N–H and O–H groups in total. The Bertz CT molecular complexity index is 300. The van der Waals surface area contributed by atoms with Gasteiger partial charge in [0.1, 0.15) is 6.04 Å². The molecule has 0 unspecified atom stereocenters. The molecule has 0 saturated heterocycles. The van der Waals surface area contributed by atoms with Crippen LogP contribution in [-0.2, 0) is 11.2 Å². The van der Waals surface area contributed by atoms with Gasteiger partial charge in [-0.1, -0.05) is 0 Å². The van der Waals surface area contributed by atoms with Crippen LogP contribution in [-0.4, -0.2) is 47.6 Å². The van der Waals surface area contributed by atoms with Crippen molar-refractivity contribution < 1.29 is 14.4 Å². The van der Waals surface area contributed by atoms with Crippen LogP contribution >= 0.6 is 0 Å². The Hall–Kier alpha value is -1.36. The zero-order valence-corrected chi connectivity index (χ0v) is 8.65. The number of hydrogen-bond acceptors (Lipinski definition) is 3. The van der Waals surface area contributed by atoms with Gasteiger partial charge in [0.05, 0.1) is 33.4 Å². The number of carboxylic acid groups (broad SMARTS) is 1. The average Bonchev–Trinajstić information content (AvgIpc) is 2.48. The summed E-state index contributed by atoms with van der Waals surface area (Å²) in [6, 6.07) is -0.560. The quantitative estimate of drug-likeness (QED) is 0.615. The topological polar surface area (TPSA) is 68.8 Å². The average molecular weight is 197 g/mol. The van der Waals surface area contributed by atoms with Gasteiger partial charge in [0.2, 0.25) is 0 Å². The summed E-state index contributed by atoms with van der Waals surface area (Å²) in [5, 5.41) is 10.9. The van der Waals surface area contributed by atoms with Crippen LogP contribution < -0.4 is 5.11 Å². The molecule has 0 radical (unpaired) electrons. The molecule has 0 aliphatic rings. The van der Waals surface area contributed by atoms with E-state index < -0.39 is 12.0 Å². The molecule has 0 saturated carbocycles. The van der Waals surface area contributed by atoms with Crippen LogP contribution in [0.2, 0.25) is 0 Å². The van der Waals surface area contributed by atoms with Crippen molar-refractivity contribution in [2.24, 2.45) is 0 Å². The zero-order chi connectivity index (χ0) is 10.8. The van der Waals surface area contributed by atoms with Gasteiger partial charge in [-0.25, -0.2) is 4.98 Å².